The Labute approximate surface area is 118 Å². The Hall–Kier alpha value is -0.930. The summed E-state index contributed by atoms with van der Waals surface area (Å²) < 4.78 is 16.6. The minimum absolute atomic E-state index is 0.00901. The Morgan fingerprint density at radius 3 is 2.74 bits per heavy atom. The van der Waals surface area contributed by atoms with Crippen LogP contribution in [0.4, 0.5) is 0 Å². The molecule has 104 valence electrons. The lowest BCUT2D eigenvalue weighted by atomic mass is 9.84. The first-order valence-corrected chi connectivity index (χ1v) is 7.30. The number of halogens is 1. The topological polar surface area (TPSA) is 27.7 Å². The Kier molecular flexibility index (Phi) is 3.85. The van der Waals surface area contributed by atoms with Crippen molar-refractivity contribution in [3.05, 3.63) is 23.8 Å². The van der Waals surface area contributed by atoms with Crippen LogP contribution in [0.5, 0.6) is 11.5 Å². The quantitative estimate of drug-likeness (QED) is 0.778. The predicted octanol–water partition coefficient (Wildman–Crippen LogP) is 3.41. The summed E-state index contributed by atoms with van der Waals surface area (Å²) in [5, 5.41) is 0.00901. The molecular weight excluding hydrogens is 264 g/mol. The average molecular weight is 283 g/mol. The van der Waals surface area contributed by atoms with Crippen LogP contribution in [0.25, 0.3) is 0 Å². The van der Waals surface area contributed by atoms with E-state index in [1.807, 2.05) is 18.2 Å². The number of rotatable bonds is 2. The molecule has 1 aromatic carbocycles. The van der Waals surface area contributed by atoms with Gasteiger partial charge >= 0.3 is 0 Å². The second kappa shape index (κ2) is 5.59. The lowest BCUT2D eigenvalue weighted by molar-refractivity contribution is 0.0228. The van der Waals surface area contributed by atoms with Crippen LogP contribution in [0.1, 0.15) is 24.3 Å². The third kappa shape index (κ3) is 2.67. The Balaban J connectivity index is 1.80. The second-order valence-electron chi connectivity index (χ2n) is 5.31. The number of fused-ring (bicyclic) bond motifs is 1. The minimum atomic E-state index is 0.00901. The lowest BCUT2D eigenvalue weighted by Crippen LogP contribution is -2.28. The standard InChI is InChI=1S/C15H19ClO3/c1-10-9-17-5-4-12(10)15(16)11-2-3-13-14(8-11)19-7-6-18-13/h2-3,8,10,12,15H,4-7,9H2,1H3. The SMILES string of the molecule is CC1COCCC1C(Cl)c1ccc2c(c1)OCCO2. The van der Waals surface area contributed by atoms with Gasteiger partial charge in [-0.05, 0) is 36.0 Å². The van der Waals surface area contributed by atoms with Crippen LogP contribution in [-0.2, 0) is 4.74 Å². The van der Waals surface area contributed by atoms with Crippen molar-refractivity contribution < 1.29 is 14.2 Å². The van der Waals surface area contributed by atoms with Gasteiger partial charge in [-0.3, -0.25) is 0 Å². The van der Waals surface area contributed by atoms with E-state index < -0.39 is 0 Å². The van der Waals surface area contributed by atoms with Gasteiger partial charge in [-0.2, -0.15) is 0 Å². The molecule has 0 saturated carbocycles. The van der Waals surface area contributed by atoms with Crippen molar-refractivity contribution in [2.24, 2.45) is 11.8 Å². The summed E-state index contributed by atoms with van der Waals surface area (Å²) in [6.45, 7) is 5.04. The largest absolute Gasteiger partial charge is 0.486 e. The first kappa shape index (κ1) is 13.1. The molecule has 3 unspecified atom stereocenters. The molecule has 4 heteroatoms. The number of hydrogen-bond acceptors (Lipinski definition) is 3. The molecule has 19 heavy (non-hydrogen) atoms. The molecule has 0 radical (unpaired) electrons. The van der Waals surface area contributed by atoms with Crippen molar-refractivity contribution in [3.8, 4) is 11.5 Å². The van der Waals surface area contributed by atoms with Crippen LogP contribution in [0.3, 0.4) is 0 Å². The molecule has 1 aromatic rings. The lowest BCUT2D eigenvalue weighted by Gasteiger charge is -2.32. The van der Waals surface area contributed by atoms with Gasteiger partial charge in [-0.15, -0.1) is 11.6 Å². The summed E-state index contributed by atoms with van der Waals surface area (Å²) in [5.74, 6) is 2.58. The predicted molar refractivity (Wildman–Crippen MR) is 74.1 cm³/mol. The third-order valence-corrected chi connectivity index (χ3v) is 4.54. The number of alkyl halides is 1. The summed E-state index contributed by atoms with van der Waals surface area (Å²) in [7, 11) is 0. The smallest absolute Gasteiger partial charge is 0.161 e. The van der Waals surface area contributed by atoms with E-state index in [0.29, 0.717) is 25.0 Å². The highest BCUT2D eigenvalue weighted by atomic mass is 35.5. The Morgan fingerprint density at radius 1 is 1.16 bits per heavy atom. The molecule has 3 nitrogen and oxygen atoms in total. The van der Waals surface area contributed by atoms with Crippen LogP contribution < -0.4 is 9.47 Å². The monoisotopic (exact) mass is 282 g/mol. The van der Waals surface area contributed by atoms with E-state index in [2.05, 4.69) is 6.92 Å². The van der Waals surface area contributed by atoms with Crippen molar-refractivity contribution in [3.63, 3.8) is 0 Å². The normalized spacial score (nSPS) is 27.9. The van der Waals surface area contributed by atoms with Gasteiger partial charge in [-0.1, -0.05) is 13.0 Å². The highest BCUT2D eigenvalue weighted by Gasteiger charge is 2.30. The molecule has 0 aromatic heterocycles. The molecule has 0 aliphatic carbocycles. The van der Waals surface area contributed by atoms with Gasteiger partial charge in [0.25, 0.3) is 0 Å². The zero-order chi connectivity index (χ0) is 13.2. The molecule has 2 heterocycles. The molecule has 0 bridgehead atoms. The molecule has 3 rings (SSSR count). The van der Waals surface area contributed by atoms with Crippen molar-refractivity contribution in [2.45, 2.75) is 18.7 Å². The molecule has 3 atom stereocenters. The van der Waals surface area contributed by atoms with Gasteiger partial charge in [0.15, 0.2) is 11.5 Å². The number of ether oxygens (including phenoxy) is 3. The first-order chi connectivity index (χ1) is 9.25. The summed E-state index contributed by atoms with van der Waals surface area (Å²) >= 11 is 6.67. The fourth-order valence-electron chi connectivity index (χ4n) is 2.81. The van der Waals surface area contributed by atoms with E-state index >= 15 is 0 Å². The molecule has 0 amide bonds. The maximum Gasteiger partial charge on any atom is 0.161 e. The highest BCUT2D eigenvalue weighted by Crippen LogP contribution is 2.41. The van der Waals surface area contributed by atoms with Gasteiger partial charge in [-0.25, -0.2) is 0 Å². The van der Waals surface area contributed by atoms with Crippen molar-refractivity contribution in [2.75, 3.05) is 26.4 Å². The van der Waals surface area contributed by atoms with Gasteiger partial charge in [0, 0.05) is 13.2 Å². The Morgan fingerprint density at radius 2 is 1.95 bits per heavy atom. The summed E-state index contributed by atoms with van der Waals surface area (Å²) in [4.78, 5) is 0. The molecule has 2 aliphatic rings. The molecule has 1 saturated heterocycles. The van der Waals surface area contributed by atoms with Crippen molar-refractivity contribution in [1.29, 1.82) is 0 Å². The van der Waals surface area contributed by atoms with Crippen LogP contribution in [0, 0.1) is 11.8 Å². The summed E-state index contributed by atoms with van der Waals surface area (Å²) in [5.41, 5.74) is 1.12. The van der Waals surface area contributed by atoms with Crippen LogP contribution in [0.15, 0.2) is 18.2 Å². The fraction of sp³-hybridized carbons (Fsp3) is 0.600. The zero-order valence-electron chi connectivity index (χ0n) is 11.1. The van der Waals surface area contributed by atoms with Gasteiger partial charge in [0.2, 0.25) is 0 Å². The van der Waals surface area contributed by atoms with Crippen molar-refractivity contribution in [1.82, 2.24) is 0 Å². The van der Waals surface area contributed by atoms with Gasteiger partial charge in [0.05, 0.1) is 5.38 Å². The first-order valence-electron chi connectivity index (χ1n) is 6.87. The highest BCUT2D eigenvalue weighted by molar-refractivity contribution is 6.21. The molecule has 0 N–H and O–H groups in total. The van der Waals surface area contributed by atoms with E-state index in [-0.39, 0.29) is 5.38 Å². The molecule has 1 fully saturated rings. The van der Waals surface area contributed by atoms with Crippen LogP contribution in [0.2, 0.25) is 0 Å². The third-order valence-electron chi connectivity index (χ3n) is 3.97. The fourth-order valence-corrected chi connectivity index (χ4v) is 3.32. The Bertz CT molecular complexity index is 449. The molecule has 2 aliphatic heterocycles. The van der Waals surface area contributed by atoms with E-state index in [1.54, 1.807) is 0 Å². The van der Waals surface area contributed by atoms with E-state index in [0.717, 1.165) is 36.7 Å². The maximum absolute atomic E-state index is 6.67. The minimum Gasteiger partial charge on any atom is -0.486 e. The second-order valence-corrected chi connectivity index (χ2v) is 5.78. The number of hydrogen-bond donors (Lipinski definition) is 0. The van der Waals surface area contributed by atoms with Crippen LogP contribution in [-0.4, -0.2) is 26.4 Å². The van der Waals surface area contributed by atoms with Gasteiger partial charge < -0.3 is 14.2 Å². The van der Waals surface area contributed by atoms with E-state index in [4.69, 9.17) is 25.8 Å². The average Bonchev–Trinajstić information content (AvgIpc) is 2.46. The van der Waals surface area contributed by atoms with E-state index in [9.17, 15) is 0 Å². The van der Waals surface area contributed by atoms with E-state index in [1.165, 1.54) is 0 Å². The summed E-state index contributed by atoms with van der Waals surface area (Å²) in [6, 6.07) is 6.03. The van der Waals surface area contributed by atoms with Crippen molar-refractivity contribution >= 4 is 11.6 Å². The molecular formula is C15H19ClO3. The number of benzene rings is 1. The molecule has 0 spiro atoms. The van der Waals surface area contributed by atoms with Gasteiger partial charge in [0.1, 0.15) is 13.2 Å². The summed E-state index contributed by atoms with van der Waals surface area (Å²) in [6.07, 6.45) is 1.02. The maximum atomic E-state index is 6.67. The zero-order valence-corrected chi connectivity index (χ0v) is 11.9. The van der Waals surface area contributed by atoms with Crippen LogP contribution >= 0.6 is 11.6 Å².